The van der Waals surface area contributed by atoms with E-state index in [0.717, 1.165) is 19.3 Å². The Hall–Kier alpha value is -1.42. The van der Waals surface area contributed by atoms with E-state index in [-0.39, 0.29) is 11.9 Å². The van der Waals surface area contributed by atoms with Crippen molar-refractivity contribution < 1.29 is 4.79 Å². The van der Waals surface area contributed by atoms with E-state index >= 15 is 0 Å². The highest BCUT2D eigenvalue weighted by Crippen LogP contribution is 2.15. The lowest BCUT2D eigenvalue weighted by atomic mass is 10.1. The maximum Gasteiger partial charge on any atom is 0.226 e. The van der Waals surface area contributed by atoms with Gasteiger partial charge < -0.3 is 10.6 Å². The fourth-order valence-corrected chi connectivity index (χ4v) is 2.08. The van der Waals surface area contributed by atoms with Crippen molar-refractivity contribution >= 4 is 23.2 Å². The summed E-state index contributed by atoms with van der Waals surface area (Å²) in [6.07, 6.45) is 3.34. The van der Waals surface area contributed by atoms with Gasteiger partial charge in [-0.15, -0.1) is 0 Å². The number of hydrogen-bond acceptors (Lipinski definition) is 2. The number of amides is 1. The molecule has 1 aromatic carbocycles. The summed E-state index contributed by atoms with van der Waals surface area (Å²) in [6, 6.07) is 10.2. The number of carbonyl (C=O) groups excluding carboxylic acids is 1. The zero-order chi connectivity index (χ0) is 14.1. The van der Waals surface area contributed by atoms with Gasteiger partial charge in [0.1, 0.15) is 0 Å². The molecule has 0 aliphatic rings. The van der Waals surface area contributed by atoms with Crippen LogP contribution in [0, 0.1) is 0 Å². The maximum atomic E-state index is 11.6. The van der Waals surface area contributed by atoms with Crippen LogP contribution in [0.1, 0.15) is 51.1 Å². The molecule has 1 amide bonds. The molecule has 0 aliphatic heterocycles. The molecule has 2 N–H and O–H groups in total. The van der Waals surface area contributed by atoms with Crippen LogP contribution in [0.25, 0.3) is 0 Å². The SMILES string of the molecule is CCCCC(=O)NC(=S)NC(CC)c1ccccc1. The van der Waals surface area contributed by atoms with Gasteiger partial charge in [0, 0.05) is 6.42 Å². The van der Waals surface area contributed by atoms with E-state index < -0.39 is 0 Å². The summed E-state index contributed by atoms with van der Waals surface area (Å²) in [4.78, 5) is 11.6. The highest BCUT2D eigenvalue weighted by molar-refractivity contribution is 7.80. The van der Waals surface area contributed by atoms with Crippen LogP contribution in [0.3, 0.4) is 0 Å². The van der Waals surface area contributed by atoms with Crippen LogP contribution in [-0.4, -0.2) is 11.0 Å². The Labute approximate surface area is 120 Å². The van der Waals surface area contributed by atoms with Gasteiger partial charge in [0.15, 0.2) is 5.11 Å². The number of nitrogens with one attached hydrogen (secondary N) is 2. The Morgan fingerprint density at radius 2 is 1.95 bits per heavy atom. The van der Waals surface area contributed by atoms with E-state index in [1.165, 1.54) is 5.56 Å². The summed E-state index contributed by atoms with van der Waals surface area (Å²) < 4.78 is 0. The van der Waals surface area contributed by atoms with Crippen molar-refractivity contribution in [2.75, 3.05) is 0 Å². The molecule has 0 bridgehead atoms. The number of benzene rings is 1. The number of thiocarbonyl (C=S) groups is 1. The van der Waals surface area contributed by atoms with Gasteiger partial charge in [-0.1, -0.05) is 50.6 Å². The summed E-state index contributed by atoms with van der Waals surface area (Å²) in [5.41, 5.74) is 1.18. The molecule has 0 fully saturated rings. The third-order valence-corrected chi connectivity index (χ3v) is 3.15. The van der Waals surface area contributed by atoms with E-state index in [1.807, 2.05) is 18.2 Å². The minimum Gasteiger partial charge on any atom is -0.356 e. The summed E-state index contributed by atoms with van der Waals surface area (Å²) in [7, 11) is 0. The van der Waals surface area contributed by atoms with E-state index in [1.54, 1.807) is 0 Å². The summed E-state index contributed by atoms with van der Waals surface area (Å²) in [5.74, 6) is -0.0118. The van der Waals surface area contributed by atoms with Crippen molar-refractivity contribution in [2.45, 2.75) is 45.6 Å². The molecule has 0 aromatic heterocycles. The molecule has 4 heteroatoms. The van der Waals surface area contributed by atoms with Crippen molar-refractivity contribution in [1.29, 1.82) is 0 Å². The van der Waals surface area contributed by atoms with Gasteiger partial charge >= 0.3 is 0 Å². The standard InChI is InChI=1S/C15H22N2OS/c1-3-5-11-14(18)17-15(19)16-13(4-2)12-9-7-6-8-10-12/h6-10,13H,3-5,11H2,1-2H3,(H2,16,17,18,19). The third-order valence-electron chi connectivity index (χ3n) is 2.93. The lowest BCUT2D eigenvalue weighted by Crippen LogP contribution is -2.40. The largest absolute Gasteiger partial charge is 0.356 e. The number of carbonyl (C=O) groups is 1. The first-order valence-electron chi connectivity index (χ1n) is 6.82. The van der Waals surface area contributed by atoms with E-state index in [9.17, 15) is 4.79 Å². The minimum atomic E-state index is -0.0118. The highest BCUT2D eigenvalue weighted by Gasteiger charge is 2.11. The number of rotatable bonds is 6. The zero-order valence-corrected chi connectivity index (χ0v) is 12.4. The molecule has 0 spiro atoms. The Kier molecular flexibility index (Phi) is 7.11. The molecule has 0 aliphatic carbocycles. The first-order valence-corrected chi connectivity index (χ1v) is 7.23. The van der Waals surface area contributed by atoms with Crippen LogP contribution in [0.4, 0.5) is 0 Å². The summed E-state index contributed by atoms with van der Waals surface area (Å²) in [5, 5.41) is 6.33. The van der Waals surface area contributed by atoms with Crippen molar-refractivity contribution in [3.63, 3.8) is 0 Å². The molecule has 1 atom stereocenters. The van der Waals surface area contributed by atoms with Crippen LogP contribution in [0.5, 0.6) is 0 Å². The van der Waals surface area contributed by atoms with Gasteiger partial charge in [-0.3, -0.25) is 4.79 Å². The molecule has 3 nitrogen and oxygen atoms in total. The predicted molar refractivity (Wildman–Crippen MR) is 82.9 cm³/mol. The van der Waals surface area contributed by atoms with Gasteiger partial charge in [-0.2, -0.15) is 0 Å². The normalized spacial score (nSPS) is 11.7. The van der Waals surface area contributed by atoms with Crippen LogP contribution < -0.4 is 10.6 Å². The Morgan fingerprint density at radius 3 is 2.53 bits per heavy atom. The number of unbranched alkanes of at least 4 members (excludes halogenated alkanes) is 1. The van der Waals surface area contributed by atoms with Crippen LogP contribution in [0.2, 0.25) is 0 Å². The molecule has 0 saturated heterocycles. The lowest BCUT2D eigenvalue weighted by Gasteiger charge is -2.19. The molecule has 19 heavy (non-hydrogen) atoms. The molecule has 1 aromatic rings. The molecule has 104 valence electrons. The van der Waals surface area contributed by atoms with E-state index in [0.29, 0.717) is 11.5 Å². The Bertz CT molecular complexity index is 406. The Balaban J connectivity index is 2.48. The van der Waals surface area contributed by atoms with Gasteiger partial charge in [0.2, 0.25) is 5.91 Å². The second-order valence-electron chi connectivity index (χ2n) is 4.50. The van der Waals surface area contributed by atoms with Crippen LogP contribution >= 0.6 is 12.2 Å². The van der Waals surface area contributed by atoms with Gasteiger partial charge in [0.25, 0.3) is 0 Å². The topological polar surface area (TPSA) is 41.1 Å². The van der Waals surface area contributed by atoms with Crippen molar-refractivity contribution in [2.24, 2.45) is 0 Å². The minimum absolute atomic E-state index is 0.0118. The second kappa shape index (κ2) is 8.64. The first kappa shape index (κ1) is 15.6. The maximum absolute atomic E-state index is 11.6. The van der Waals surface area contributed by atoms with Crippen LogP contribution in [0.15, 0.2) is 30.3 Å². The third kappa shape index (κ3) is 5.83. The van der Waals surface area contributed by atoms with Crippen molar-refractivity contribution in [1.82, 2.24) is 10.6 Å². The van der Waals surface area contributed by atoms with Crippen LogP contribution in [-0.2, 0) is 4.79 Å². The summed E-state index contributed by atoms with van der Waals surface area (Å²) in [6.45, 7) is 4.15. The van der Waals surface area contributed by atoms with Crippen molar-refractivity contribution in [3.8, 4) is 0 Å². The quantitative estimate of drug-likeness (QED) is 0.784. The van der Waals surface area contributed by atoms with E-state index in [4.69, 9.17) is 12.2 Å². The van der Waals surface area contributed by atoms with Crippen molar-refractivity contribution in [3.05, 3.63) is 35.9 Å². The van der Waals surface area contributed by atoms with Gasteiger partial charge in [-0.05, 0) is 30.6 Å². The smallest absolute Gasteiger partial charge is 0.226 e. The average molecular weight is 278 g/mol. The van der Waals surface area contributed by atoms with E-state index in [2.05, 4.69) is 36.6 Å². The van der Waals surface area contributed by atoms with Gasteiger partial charge in [0.05, 0.1) is 6.04 Å². The monoisotopic (exact) mass is 278 g/mol. The lowest BCUT2D eigenvalue weighted by molar-refractivity contribution is -0.119. The molecule has 1 unspecified atom stereocenters. The molecular formula is C15H22N2OS. The predicted octanol–water partition coefficient (Wildman–Crippen LogP) is 3.32. The molecule has 1 rings (SSSR count). The fourth-order valence-electron chi connectivity index (χ4n) is 1.83. The fraction of sp³-hybridized carbons (Fsp3) is 0.467. The number of hydrogen-bond donors (Lipinski definition) is 2. The zero-order valence-electron chi connectivity index (χ0n) is 11.6. The molecular weight excluding hydrogens is 256 g/mol. The second-order valence-corrected chi connectivity index (χ2v) is 4.90. The molecule has 0 heterocycles. The average Bonchev–Trinajstić information content (AvgIpc) is 2.43. The highest BCUT2D eigenvalue weighted by atomic mass is 32.1. The Morgan fingerprint density at radius 1 is 1.26 bits per heavy atom. The molecule has 0 radical (unpaired) electrons. The first-order chi connectivity index (χ1) is 9.17. The van der Waals surface area contributed by atoms with Gasteiger partial charge in [-0.25, -0.2) is 0 Å². The molecule has 0 saturated carbocycles. The summed E-state index contributed by atoms with van der Waals surface area (Å²) >= 11 is 5.18.